The van der Waals surface area contributed by atoms with E-state index in [0.29, 0.717) is 11.4 Å². The minimum atomic E-state index is -0.902. The number of hydrogen-bond donors (Lipinski definition) is 0. The van der Waals surface area contributed by atoms with E-state index < -0.39 is 36.0 Å². The smallest absolute Gasteiger partial charge is 0.253 e. The van der Waals surface area contributed by atoms with Gasteiger partial charge in [-0.1, -0.05) is 91.5 Å². The van der Waals surface area contributed by atoms with Crippen LogP contribution in [0.1, 0.15) is 34.3 Å². The fourth-order valence-corrected chi connectivity index (χ4v) is 8.24. The van der Waals surface area contributed by atoms with Gasteiger partial charge in [-0.2, -0.15) is 0 Å². The van der Waals surface area contributed by atoms with Crippen LogP contribution in [-0.2, 0) is 19.2 Å². The molecule has 4 aromatic carbocycles. The van der Waals surface area contributed by atoms with Crippen LogP contribution in [0.5, 0.6) is 0 Å². The zero-order chi connectivity index (χ0) is 32.0. The lowest BCUT2D eigenvalue weighted by Gasteiger charge is -2.35. The van der Waals surface area contributed by atoms with Crippen LogP contribution in [0.15, 0.2) is 106 Å². The van der Waals surface area contributed by atoms with Crippen LogP contribution in [-0.4, -0.2) is 45.7 Å². The van der Waals surface area contributed by atoms with E-state index in [-0.39, 0.29) is 23.6 Å². The molecule has 46 heavy (non-hydrogen) atoms. The fourth-order valence-electron chi connectivity index (χ4n) is 7.71. The van der Waals surface area contributed by atoms with Gasteiger partial charge in [-0.05, 0) is 73.5 Å². The molecule has 0 spiro atoms. The molecule has 0 aromatic heterocycles. The molecule has 8 nitrogen and oxygen atoms in total. The highest BCUT2D eigenvalue weighted by Gasteiger charge is 2.73. The SMILES string of the molecule is Cc1ccc(C2C3C(=O)N(c4ccc(Br)cc4)C(=O)C3N3C(c4ccc(C)cc4)C4C(=O)N(c5ccc(Br)cc5)C(=O)C4N23)cc1. The number of fused-ring (bicyclic) bond motifs is 5. The van der Waals surface area contributed by atoms with Crippen molar-refractivity contribution >= 4 is 66.9 Å². The van der Waals surface area contributed by atoms with Gasteiger partial charge in [-0.3, -0.25) is 19.2 Å². The third-order valence-electron chi connectivity index (χ3n) is 9.73. The van der Waals surface area contributed by atoms with Crippen LogP contribution in [0.2, 0.25) is 0 Å². The van der Waals surface area contributed by atoms with Crippen molar-refractivity contribution in [3.8, 4) is 0 Å². The van der Waals surface area contributed by atoms with E-state index in [9.17, 15) is 19.2 Å². The number of aryl methyl sites for hydroxylation is 2. The number of hydrogen-bond acceptors (Lipinski definition) is 6. The third kappa shape index (κ3) is 4.24. The molecule has 4 aromatic rings. The van der Waals surface area contributed by atoms with Gasteiger partial charge in [0.05, 0.1) is 35.3 Å². The first-order chi connectivity index (χ1) is 22.2. The highest BCUT2D eigenvalue weighted by Crippen LogP contribution is 2.59. The normalized spacial score (nSPS) is 27.5. The molecule has 6 unspecified atom stereocenters. The second kappa shape index (κ2) is 10.8. The van der Waals surface area contributed by atoms with Crippen LogP contribution < -0.4 is 9.80 Å². The highest BCUT2D eigenvalue weighted by molar-refractivity contribution is 9.10. The van der Waals surface area contributed by atoms with E-state index in [1.165, 1.54) is 9.80 Å². The number of rotatable bonds is 4. The summed E-state index contributed by atoms with van der Waals surface area (Å²) in [7, 11) is 0. The summed E-state index contributed by atoms with van der Waals surface area (Å²) in [5.74, 6) is -2.96. The van der Waals surface area contributed by atoms with E-state index >= 15 is 0 Å². The molecule has 0 bridgehead atoms. The lowest BCUT2D eigenvalue weighted by atomic mass is 9.84. The lowest BCUT2D eigenvalue weighted by molar-refractivity contribution is -0.136. The summed E-state index contributed by atoms with van der Waals surface area (Å²) in [4.78, 5) is 60.6. The summed E-state index contributed by atoms with van der Waals surface area (Å²) < 4.78 is 1.66. The molecule has 0 N–H and O–H groups in total. The molecule has 4 aliphatic heterocycles. The summed E-state index contributed by atoms with van der Waals surface area (Å²) >= 11 is 6.89. The molecule has 8 rings (SSSR count). The van der Waals surface area contributed by atoms with Crippen molar-refractivity contribution < 1.29 is 19.2 Å². The maximum absolute atomic E-state index is 14.5. The lowest BCUT2D eigenvalue weighted by Crippen LogP contribution is -2.50. The maximum Gasteiger partial charge on any atom is 0.253 e. The summed E-state index contributed by atoms with van der Waals surface area (Å²) in [6, 6.07) is 26.8. The zero-order valence-corrected chi connectivity index (χ0v) is 28.1. The number of carbonyl (C=O) groups is 4. The molecule has 4 heterocycles. The Morgan fingerprint density at radius 1 is 0.435 bits per heavy atom. The van der Waals surface area contributed by atoms with Gasteiger partial charge in [-0.25, -0.2) is 19.8 Å². The van der Waals surface area contributed by atoms with Gasteiger partial charge in [0.25, 0.3) is 11.8 Å². The number of benzene rings is 4. The summed E-state index contributed by atoms with van der Waals surface area (Å²) in [6.45, 7) is 3.98. The van der Waals surface area contributed by atoms with Crippen molar-refractivity contribution in [3.63, 3.8) is 0 Å². The van der Waals surface area contributed by atoms with Crippen molar-refractivity contribution in [1.82, 2.24) is 10.0 Å². The Morgan fingerprint density at radius 2 is 0.761 bits per heavy atom. The van der Waals surface area contributed by atoms with Gasteiger partial charge in [0.1, 0.15) is 12.1 Å². The predicted octanol–water partition coefficient (Wildman–Crippen LogP) is 6.27. The number of imide groups is 2. The topological polar surface area (TPSA) is 81.2 Å². The Kier molecular flexibility index (Phi) is 6.91. The van der Waals surface area contributed by atoms with Crippen molar-refractivity contribution in [2.75, 3.05) is 9.80 Å². The Morgan fingerprint density at radius 3 is 1.09 bits per heavy atom. The van der Waals surface area contributed by atoms with Crippen molar-refractivity contribution in [3.05, 3.63) is 128 Å². The number of nitrogens with zero attached hydrogens (tertiary/aromatic N) is 4. The van der Waals surface area contributed by atoms with Crippen molar-refractivity contribution in [1.29, 1.82) is 0 Å². The molecular formula is C36H28Br2N4O4. The quantitative estimate of drug-likeness (QED) is 0.230. The van der Waals surface area contributed by atoms with E-state index in [1.807, 2.05) is 72.4 Å². The van der Waals surface area contributed by atoms with E-state index in [2.05, 4.69) is 31.9 Å². The fraction of sp³-hybridized carbons (Fsp3) is 0.222. The van der Waals surface area contributed by atoms with Gasteiger partial charge >= 0.3 is 0 Å². The number of carbonyl (C=O) groups excluding carboxylic acids is 4. The van der Waals surface area contributed by atoms with Gasteiger partial charge < -0.3 is 0 Å². The molecule has 10 heteroatoms. The maximum atomic E-state index is 14.5. The highest BCUT2D eigenvalue weighted by atomic mass is 79.9. The minimum Gasteiger partial charge on any atom is -0.274 e. The van der Waals surface area contributed by atoms with E-state index in [1.54, 1.807) is 48.5 Å². The first-order valence-corrected chi connectivity index (χ1v) is 16.7. The average molecular weight is 740 g/mol. The molecule has 0 radical (unpaired) electrons. The van der Waals surface area contributed by atoms with Crippen LogP contribution >= 0.6 is 31.9 Å². The molecule has 4 saturated heterocycles. The Hall–Kier alpha value is -3.96. The third-order valence-corrected chi connectivity index (χ3v) is 10.8. The summed E-state index contributed by atoms with van der Waals surface area (Å²) in [5, 5.41) is 3.81. The van der Waals surface area contributed by atoms with Gasteiger partial charge in [-0.15, -0.1) is 0 Å². The monoisotopic (exact) mass is 738 g/mol. The van der Waals surface area contributed by atoms with Gasteiger partial charge in [0, 0.05) is 8.95 Å². The van der Waals surface area contributed by atoms with Crippen molar-refractivity contribution in [2.45, 2.75) is 38.0 Å². The molecule has 0 saturated carbocycles. The minimum absolute atomic E-state index is 0.321. The first kappa shape index (κ1) is 29.4. The molecule has 4 amide bonds. The molecule has 0 aliphatic carbocycles. The second-order valence-electron chi connectivity index (χ2n) is 12.4. The number of halogens is 2. The van der Waals surface area contributed by atoms with Crippen LogP contribution in [0.4, 0.5) is 11.4 Å². The van der Waals surface area contributed by atoms with E-state index in [4.69, 9.17) is 0 Å². The Bertz CT molecular complexity index is 1770. The van der Waals surface area contributed by atoms with E-state index in [0.717, 1.165) is 31.2 Å². The van der Waals surface area contributed by atoms with Crippen LogP contribution in [0.3, 0.4) is 0 Å². The zero-order valence-electron chi connectivity index (χ0n) is 24.9. The first-order valence-electron chi connectivity index (χ1n) is 15.1. The summed E-state index contributed by atoms with van der Waals surface area (Å²) in [6.07, 6.45) is 0. The number of amides is 4. The number of anilines is 2. The molecule has 4 aliphatic rings. The average Bonchev–Trinajstić information content (AvgIpc) is 3.71. The molecular weight excluding hydrogens is 712 g/mol. The van der Waals surface area contributed by atoms with Gasteiger partial charge in [0.15, 0.2) is 0 Å². The standard InChI is InChI=1S/C36H28Br2N4O4/c1-19-3-7-21(8-4-19)29-27-31(35(45)39(33(27)43)25-15-11-23(37)12-16-25)42-30(22-9-5-20(2)6-10-22)28-32(41(29)42)36(46)40(34(28)44)26-17-13-24(38)14-18-26/h3-18,27-32H,1-2H3. The molecule has 4 fully saturated rings. The Balaban J connectivity index is 1.32. The van der Waals surface area contributed by atoms with Crippen molar-refractivity contribution in [2.24, 2.45) is 11.8 Å². The van der Waals surface area contributed by atoms with Crippen LogP contribution in [0, 0.1) is 25.7 Å². The number of hydrazine groups is 1. The second-order valence-corrected chi connectivity index (χ2v) is 14.2. The van der Waals surface area contributed by atoms with Crippen LogP contribution in [0.25, 0.3) is 0 Å². The molecule has 6 atom stereocenters. The summed E-state index contributed by atoms with van der Waals surface area (Å²) in [5.41, 5.74) is 4.69. The van der Waals surface area contributed by atoms with Gasteiger partial charge in [0.2, 0.25) is 11.8 Å². The Labute approximate surface area is 282 Å². The predicted molar refractivity (Wildman–Crippen MR) is 179 cm³/mol. The molecule has 230 valence electrons. The largest absolute Gasteiger partial charge is 0.274 e.